The van der Waals surface area contributed by atoms with E-state index >= 15 is 0 Å². The molecule has 0 saturated heterocycles. The summed E-state index contributed by atoms with van der Waals surface area (Å²) in [5.74, 6) is 1.05. The number of fused-ring (bicyclic) bond motifs is 1. The van der Waals surface area contributed by atoms with Crippen molar-refractivity contribution in [2.24, 2.45) is 0 Å². The number of hydrogen-bond acceptors (Lipinski definition) is 1. The first kappa shape index (κ1) is 7.66. The van der Waals surface area contributed by atoms with Gasteiger partial charge in [0, 0.05) is 12.0 Å². The summed E-state index contributed by atoms with van der Waals surface area (Å²) >= 11 is 0. The van der Waals surface area contributed by atoms with Crippen LogP contribution in [0.5, 0.6) is 0 Å². The molecular formula is C11H14O. The quantitative estimate of drug-likeness (QED) is 0.532. The first-order valence-corrected chi connectivity index (χ1v) is 4.37. The highest BCUT2D eigenvalue weighted by molar-refractivity contribution is 5.52. The molecule has 0 unspecified atom stereocenters. The molecule has 0 saturated carbocycles. The Kier molecular flexibility index (Phi) is 1.44. The molecular weight excluding hydrogens is 148 g/mol. The van der Waals surface area contributed by atoms with Gasteiger partial charge in [0.1, 0.15) is 11.4 Å². The largest absolute Gasteiger partial charge is 0.487 e. The van der Waals surface area contributed by atoms with Gasteiger partial charge in [0.2, 0.25) is 0 Å². The molecule has 0 aromatic carbocycles. The van der Waals surface area contributed by atoms with E-state index in [4.69, 9.17) is 4.74 Å². The fourth-order valence-electron chi connectivity index (χ4n) is 1.61. The first-order valence-electron chi connectivity index (χ1n) is 4.37. The lowest BCUT2D eigenvalue weighted by Gasteiger charge is -2.31. The molecule has 0 amide bonds. The van der Waals surface area contributed by atoms with Crippen molar-refractivity contribution in [3.63, 3.8) is 0 Å². The zero-order valence-corrected chi connectivity index (χ0v) is 7.85. The van der Waals surface area contributed by atoms with Gasteiger partial charge in [-0.1, -0.05) is 12.2 Å². The zero-order chi connectivity index (χ0) is 8.77. The number of allylic oxidation sites excluding steroid dienone is 3. The number of ether oxygens (including phenoxy) is 1. The molecule has 1 aliphatic heterocycles. The van der Waals surface area contributed by atoms with Gasteiger partial charge >= 0.3 is 0 Å². The molecule has 1 heteroatoms. The van der Waals surface area contributed by atoms with E-state index in [1.54, 1.807) is 0 Å². The van der Waals surface area contributed by atoms with Gasteiger partial charge in [-0.2, -0.15) is 0 Å². The molecule has 2 aliphatic rings. The minimum absolute atomic E-state index is 0.0200. The fourth-order valence-corrected chi connectivity index (χ4v) is 1.61. The van der Waals surface area contributed by atoms with Crippen molar-refractivity contribution in [3.05, 3.63) is 35.1 Å². The molecule has 0 spiro atoms. The van der Waals surface area contributed by atoms with Crippen LogP contribution in [0.25, 0.3) is 0 Å². The topological polar surface area (TPSA) is 9.23 Å². The lowest BCUT2D eigenvalue weighted by atomic mass is 9.97. The number of rotatable bonds is 0. The standard InChI is InChI=1S/C11H14O/c1-8-4-5-10-9(8)6-7-11(2,3)12-10/h4-6H,7H2,1-3H3. The third kappa shape index (κ3) is 1.09. The molecule has 0 radical (unpaired) electrons. The summed E-state index contributed by atoms with van der Waals surface area (Å²) in [6, 6.07) is 0. The van der Waals surface area contributed by atoms with Gasteiger partial charge in [-0.15, -0.1) is 0 Å². The monoisotopic (exact) mass is 162 g/mol. The van der Waals surface area contributed by atoms with Gasteiger partial charge in [0.25, 0.3) is 0 Å². The Morgan fingerprint density at radius 1 is 1.33 bits per heavy atom. The molecule has 1 aliphatic carbocycles. The minimum Gasteiger partial charge on any atom is -0.487 e. The summed E-state index contributed by atoms with van der Waals surface area (Å²) in [7, 11) is 0. The molecule has 0 bridgehead atoms. The van der Waals surface area contributed by atoms with Gasteiger partial charge in [0.05, 0.1) is 0 Å². The van der Waals surface area contributed by atoms with E-state index in [0.29, 0.717) is 0 Å². The van der Waals surface area contributed by atoms with Crippen LogP contribution in [0, 0.1) is 0 Å². The van der Waals surface area contributed by atoms with E-state index < -0.39 is 0 Å². The van der Waals surface area contributed by atoms with Crippen molar-refractivity contribution < 1.29 is 4.74 Å². The molecule has 1 nitrogen and oxygen atoms in total. The highest BCUT2D eigenvalue weighted by Gasteiger charge is 2.28. The molecule has 2 rings (SSSR count). The molecule has 0 atom stereocenters. The van der Waals surface area contributed by atoms with Crippen molar-refractivity contribution in [2.75, 3.05) is 0 Å². The third-order valence-corrected chi connectivity index (χ3v) is 2.36. The smallest absolute Gasteiger partial charge is 0.127 e. The van der Waals surface area contributed by atoms with Crippen LogP contribution in [-0.2, 0) is 4.74 Å². The van der Waals surface area contributed by atoms with E-state index in [-0.39, 0.29) is 5.60 Å². The maximum Gasteiger partial charge on any atom is 0.127 e. The first-order chi connectivity index (χ1) is 5.58. The summed E-state index contributed by atoms with van der Waals surface area (Å²) in [6.45, 7) is 6.36. The Morgan fingerprint density at radius 2 is 2.08 bits per heavy atom. The van der Waals surface area contributed by atoms with Crippen LogP contribution in [0.2, 0.25) is 0 Å². The Morgan fingerprint density at radius 3 is 2.83 bits per heavy atom. The van der Waals surface area contributed by atoms with Gasteiger partial charge in [0.15, 0.2) is 0 Å². The SMILES string of the molecule is CC1=CC=C2OC(C)(C)CC=C12. The summed E-state index contributed by atoms with van der Waals surface area (Å²) < 4.78 is 5.81. The van der Waals surface area contributed by atoms with Crippen molar-refractivity contribution in [1.29, 1.82) is 0 Å². The zero-order valence-electron chi connectivity index (χ0n) is 7.85. The van der Waals surface area contributed by atoms with E-state index in [9.17, 15) is 0 Å². The summed E-state index contributed by atoms with van der Waals surface area (Å²) in [6.07, 6.45) is 7.45. The average molecular weight is 162 g/mol. The number of hydrogen-bond donors (Lipinski definition) is 0. The van der Waals surface area contributed by atoms with Crippen LogP contribution in [0.1, 0.15) is 27.2 Å². The molecule has 0 N–H and O–H groups in total. The van der Waals surface area contributed by atoms with Crippen molar-refractivity contribution in [1.82, 2.24) is 0 Å². The normalized spacial score (nSPS) is 25.1. The van der Waals surface area contributed by atoms with Crippen LogP contribution in [0.3, 0.4) is 0 Å². The van der Waals surface area contributed by atoms with E-state index in [2.05, 4.69) is 39.0 Å². The second-order valence-corrected chi connectivity index (χ2v) is 4.06. The molecule has 64 valence electrons. The van der Waals surface area contributed by atoms with Crippen LogP contribution >= 0.6 is 0 Å². The lowest BCUT2D eigenvalue weighted by molar-refractivity contribution is 0.0359. The van der Waals surface area contributed by atoms with Crippen molar-refractivity contribution >= 4 is 0 Å². The van der Waals surface area contributed by atoms with E-state index in [1.807, 2.05) is 0 Å². The second kappa shape index (κ2) is 2.25. The highest BCUT2D eigenvalue weighted by Crippen LogP contribution is 2.36. The predicted molar refractivity (Wildman–Crippen MR) is 49.7 cm³/mol. The van der Waals surface area contributed by atoms with E-state index in [0.717, 1.165) is 12.2 Å². The average Bonchev–Trinajstić information content (AvgIpc) is 2.30. The third-order valence-electron chi connectivity index (χ3n) is 2.36. The Bertz CT molecular complexity index is 303. The minimum atomic E-state index is -0.0200. The van der Waals surface area contributed by atoms with Crippen LogP contribution < -0.4 is 0 Å². The molecule has 0 aromatic rings. The fraction of sp³-hybridized carbons (Fsp3) is 0.455. The Labute approximate surface area is 73.4 Å². The predicted octanol–water partition coefficient (Wildman–Crippen LogP) is 2.96. The molecule has 0 fully saturated rings. The Balaban J connectivity index is 2.33. The van der Waals surface area contributed by atoms with Crippen LogP contribution in [0.15, 0.2) is 35.1 Å². The van der Waals surface area contributed by atoms with Gasteiger partial charge < -0.3 is 4.74 Å². The van der Waals surface area contributed by atoms with Crippen LogP contribution in [-0.4, -0.2) is 5.60 Å². The maximum atomic E-state index is 5.81. The highest BCUT2D eigenvalue weighted by atomic mass is 16.5. The van der Waals surface area contributed by atoms with Gasteiger partial charge in [-0.3, -0.25) is 0 Å². The summed E-state index contributed by atoms with van der Waals surface area (Å²) in [4.78, 5) is 0. The maximum absolute atomic E-state index is 5.81. The Hall–Kier alpha value is -0.980. The van der Waals surface area contributed by atoms with E-state index in [1.165, 1.54) is 11.1 Å². The lowest BCUT2D eigenvalue weighted by Crippen LogP contribution is -2.26. The molecule has 0 aromatic heterocycles. The summed E-state index contributed by atoms with van der Waals surface area (Å²) in [5, 5.41) is 0. The van der Waals surface area contributed by atoms with Crippen molar-refractivity contribution in [2.45, 2.75) is 32.8 Å². The molecule has 1 heterocycles. The molecule has 12 heavy (non-hydrogen) atoms. The van der Waals surface area contributed by atoms with Crippen LogP contribution in [0.4, 0.5) is 0 Å². The second-order valence-electron chi connectivity index (χ2n) is 4.06. The van der Waals surface area contributed by atoms with Gasteiger partial charge in [-0.05, 0) is 32.4 Å². The van der Waals surface area contributed by atoms with Gasteiger partial charge in [-0.25, -0.2) is 0 Å². The van der Waals surface area contributed by atoms with Crippen molar-refractivity contribution in [3.8, 4) is 0 Å². The summed E-state index contributed by atoms with van der Waals surface area (Å²) in [5.41, 5.74) is 2.59.